The Labute approximate surface area is 181 Å². The van der Waals surface area contributed by atoms with Crippen molar-refractivity contribution in [3.8, 4) is 0 Å². The number of unbranched alkanes of at least 4 members (excludes halogenated alkanes) is 1. The molecule has 1 aliphatic rings. The van der Waals surface area contributed by atoms with Gasteiger partial charge in [-0.15, -0.1) is 0 Å². The molecule has 0 radical (unpaired) electrons. The van der Waals surface area contributed by atoms with E-state index in [0.29, 0.717) is 25.3 Å². The maximum Gasteiger partial charge on any atom is 0.418 e. The average molecular weight is 453 g/mol. The van der Waals surface area contributed by atoms with Crippen LogP contribution in [0.15, 0.2) is 12.1 Å². The first-order valence-corrected chi connectivity index (χ1v) is 11.3. The molecule has 1 heterocycles. The van der Waals surface area contributed by atoms with Gasteiger partial charge in [0.05, 0.1) is 16.8 Å². The Kier molecular flexibility index (Phi) is 9.10. The van der Waals surface area contributed by atoms with Crippen molar-refractivity contribution in [3.05, 3.63) is 28.8 Å². The highest BCUT2D eigenvalue weighted by molar-refractivity contribution is 5.58. The van der Waals surface area contributed by atoms with E-state index in [1.807, 2.05) is 6.92 Å². The smallest absolute Gasteiger partial charge is 0.398 e. The second-order valence-electron chi connectivity index (χ2n) is 8.63. The Morgan fingerprint density at radius 1 is 0.839 bits per heavy atom. The first kappa shape index (κ1) is 25.8. The van der Waals surface area contributed by atoms with Crippen LogP contribution in [0, 0.1) is 0 Å². The molecular weight excluding hydrogens is 418 g/mol. The molecule has 31 heavy (non-hydrogen) atoms. The lowest BCUT2D eigenvalue weighted by molar-refractivity contribution is -0.141. The maximum atomic E-state index is 13.4. The fraction of sp³-hybridized carbons (Fsp3) is 0.739. The zero-order chi connectivity index (χ0) is 23.2. The monoisotopic (exact) mass is 452 g/mol. The number of benzene rings is 1. The van der Waals surface area contributed by atoms with Crippen LogP contribution in [-0.2, 0) is 12.4 Å². The highest BCUT2D eigenvalue weighted by Crippen LogP contribution is 2.44. The number of hydrogen-bond donors (Lipinski definition) is 1. The van der Waals surface area contributed by atoms with Crippen LogP contribution < -0.4 is 5.73 Å². The summed E-state index contributed by atoms with van der Waals surface area (Å²) in [7, 11) is 0. The van der Waals surface area contributed by atoms with Gasteiger partial charge in [-0.1, -0.05) is 33.1 Å². The quantitative estimate of drug-likeness (QED) is 0.292. The lowest BCUT2D eigenvalue weighted by atomic mass is 9.85. The van der Waals surface area contributed by atoms with Gasteiger partial charge in [-0.2, -0.15) is 26.3 Å². The van der Waals surface area contributed by atoms with Crippen LogP contribution in [0.4, 0.5) is 32.0 Å². The van der Waals surface area contributed by atoms with E-state index in [0.717, 1.165) is 63.7 Å². The SMILES string of the molecule is CCCCC(CCC(CCC)c1cc(C(F)(F)F)c(N)c(C(F)(F)F)c1)N1CCCC1. The van der Waals surface area contributed by atoms with E-state index in [4.69, 9.17) is 5.73 Å². The largest absolute Gasteiger partial charge is 0.418 e. The Morgan fingerprint density at radius 3 is 1.84 bits per heavy atom. The van der Waals surface area contributed by atoms with Gasteiger partial charge in [0.25, 0.3) is 0 Å². The number of rotatable bonds is 10. The molecule has 1 saturated heterocycles. The van der Waals surface area contributed by atoms with Crippen molar-refractivity contribution in [1.82, 2.24) is 4.90 Å². The predicted octanol–water partition coefficient (Wildman–Crippen LogP) is 7.62. The highest BCUT2D eigenvalue weighted by Gasteiger charge is 2.41. The van der Waals surface area contributed by atoms with Crippen molar-refractivity contribution < 1.29 is 26.3 Å². The minimum absolute atomic E-state index is 0.0892. The molecule has 1 fully saturated rings. The summed E-state index contributed by atoms with van der Waals surface area (Å²) in [5.41, 5.74) is 1.39. The van der Waals surface area contributed by atoms with Crippen LogP contribution in [0.5, 0.6) is 0 Å². The van der Waals surface area contributed by atoms with E-state index in [-0.39, 0.29) is 11.5 Å². The fourth-order valence-electron chi connectivity index (χ4n) is 4.66. The van der Waals surface area contributed by atoms with Crippen LogP contribution in [0.1, 0.15) is 94.2 Å². The first-order chi connectivity index (χ1) is 14.5. The summed E-state index contributed by atoms with van der Waals surface area (Å²) >= 11 is 0. The van der Waals surface area contributed by atoms with Gasteiger partial charge in [0.15, 0.2) is 0 Å². The molecule has 0 bridgehead atoms. The van der Waals surface area contributed by atoms with Gasteiger partial charge in [-0.25, -0.2) is 0 Å². The Morgan fingerprint density at radius 2 is 1.39 bits per heavy atom. The van der Waals surface area contributed by atoms with Crippen LogP contribution in [0.25, 0.3) is 0 Å². The number of likely N-dealkylation sites (tertiary alicyclic amines) is 1. The van der Waals surface area contributed by atoms with Gasteiger partial charge < -0.3 is 10.6 Å². The minimum atomic E-state index is -4.93. The molecule has 178 valence electrons. The van der Waals surface area contributed by atoms with Crippen molar-refractivity contribution in [2.75, 3.05) is 18.8 Å². The molecule has 0 aliphatic carbocycles. The van der Waals surface area contributed by atoms with Crippen LogP contribution in [-0.4, -0.2) is 24.0 Å². The van der Waals surface area contributed by atoms with E-state index >= 15 is 0 Å². The normalized spacial score (nSPS) is 17.8. The molecule has 2 unspecified atom stereocenters. The number of halogens is 6. The zero-order valence-electron chi connectivity index (χ0n) is 18.4. The lowest BCUT2D eigenvalue weighted by Gasteiger charge is -2.30. The summed E-state index contributed by atoms with van der Waals surface area (Å²) in [5, 5.41) is 0. The second-order valence-corrected chi connectivity index (χ2v) is 8.63. The fourth-order valence-corrected chi connectivity index (χ4v) is 4.66. The molecule has 8 heteroatoms. The van der Waals surface area contributed by atoms with E-state index in [9.17, 15) is 26.3 Å². The van der Waals surface area contributed by atoms with E-state index in [1.54, 1.807) is 0 Å². The number of alkyl halides is 6. The molecule has 0 spiro atoms. The van der Waals surface area contributed by atoms with Crippen LogP contribution in [0.2, 0.25) is 0 Å². The number of nitrogens with zero attached hydrogens (tertiary/aromatic N) is 1. The molecular formula is C23H34F6N2. The molecule has 1 aliphatic heterocycles. The van der Waals surface area contributed by atoms with Gasteiger partial charge in [0.2, 0.25) is 0 Å². The standard InChI is InChI=1S/C23H34F6N2/c1-3-5-9-18(31-12-6-7-13-31)11-10-16(8-4-2)17-14-19(22(24,25)26)21(30)20(15-17)23(27,28)29/h14-16,18H,3-13,30H2,1-2H3. The zero-order valence-corrected chi connectivity index (χ0v) is 18.4. The molecule has 2 atom stereocenters. The summed E-state index contributed by atoms with van der Waals surface area (Å²) in [6.45, 7) is 6.05. The number of nitrogens with two attached hydrogens (primary N) is 1. The third-order valence-corrected chi connectivity index (χ3v) is 6.32. The third kappa shape index (κ3) is 7.02. The topological polar surface area (TPSA) is 29.3 Å². The van der Waals surface area contributed by atoms with Gasteiger partial charge >= 0.3 is 12.4 Å². The molecule has 2 N–H and O–H groups in total. The van der Waals surface area contributed by atoms with Crippen molar-refractivity contribution in [1.29, 1.82) is 0 Å². The number of nitrogen functional groups attached to an aromatic ring is 1. The summed E-state index contributed by atoms with van der Waals surface area (Å²) in [5.74, 6) is -0.362. The average Bonchev–Trinajstić information content (AvgIpc) is 3.20. The Bertz CT molecular complexity index is 657. The molecule has 0 aromatic heterocycles. The Hall–Kier alpha value is -1.44. The molecule has 0 saturated carbocycles. The number of hydrogen-bond acceptors (Lipinski definition) is 2. The summed E-state index contributed by atoms with van der Waals surface area (Å²) in [6.07, 6.45) is -1.88. The van der Waals surface area contributed by atoms with E-state index < -0.39 is 29.2 Å². The highest BCUT2D eigenvalue weighted by atomic mass is 19.4. The lowest BCUT2D eigenvalue weighted by Crippen LogP contribution is -2.33. The molecule has 1 aromatic rings. The Balaban J connectivity index is 2.34. The predicted molar refractivity (Wildman–Crippen MR) is 112 cm³/mol. The molecule has 1 aromatic carbocycles. The first-order valence-electron chi connectivity index (χ1n) is 11.3. The van der Waals surface area contributed by atoms with Gasteiger partial charge in [-0.3, -0.25) is 0 Å². The van der Waals surface area contributed by atoms with Crippen LogP contribution >= 0.6 is 0 Å². The maximum absolute atomic E-state index is 13.4. The second kappa shape index (κ2) is 10.9. The summed E-state index contributed by atoms with van der Waals surface area (Å²) in [4.78, 5) is 2.43. The van der Waals surface area contributed by atoms with Crippen molar-refractivity contribution >= 4 is 5.69 Å². The van der Waals surface area contributed by atoms with Gasteiger partial charge in [-0.05, 0) is 75.2 Å². The van der Waals surface area contributed by atoms with Gasteiger partial charge in [0, 0.05) is 6.04 Å². The molecule has 2 rings (SSSR count). The van der Waals surface area contributed by atoms with Crippen LogP contribution in [0.3, 0.4) is 0 Å². The third-order valence-electron chi connectivity index (χ3n) is 6.32. The van der Waals surface area contributed by atoms with E-state index in [2.05, 4.69) is 11.8 Å². The molecule has 2 nitrogen and oxygen atoms in total. The van der Waals surface area contributed by atoms with Crippen molar-refractivity contribution in [2.45, 2.75) is 95.9 Å². The summed E-state index contributed by atoms with van der Waals surface area (Å²) < 4.78 is 80.7. The van der Waals surface area contributed by atoms with Crippen molar-refractivity contribution in [2.24, 2.45) is 0 Å². The van der Waals surface area contributed by atoms with E-state index in [1.165, 1.54) is 0 Å². The summed E-state index contributed by atoms with van der Waals surface area (Å²) in [6, 6.07) is 2.00. The minimum Gasteiger partial charge on any atom is -0.398 e. The number of anilines is 1. The molecule has 0 amide bonds. The van der Waals surface area contributed by atoms with Gasteiger partial charge in [0.1, 0.15) is 0 Å². The van der Waals surface area contributed by atoms with Crippen molar-refractivity contribution in [3.63, 3.8) is 0 Å².